The molecule has 0 N–H and O–H groups in total. The molecule has 132 valence electrons. The van der Waals surface area contributed by atoms with E-state index in [0.29, 0.717) is 32.8 Å². The summed E-state index contributed by atoms with van der Waals surface area (Å²) in [6.45, 7) is 3.87. The summed E-state index contributed by atoms with van der Waals surface area (Å²) in [5.41, 5.74) is 0.767. The molecular weight excluding hydrogens is 312 g/mol. The van der Waals surface area contributed by atoms with E-state index in [1.54, 1.807) is 6.07 Å². The molecule has 0 bridgehead atoms. The first-order chi connectivity index (χ1) is 11.7. The minimum atomic E-state index is -0.483. The largest absolute Gasteiger partial charge is 0.463 e. The van der Waals surface area contributed by atoms with Crippen LogP contribution < -0.4 is 0 Å². The molecule has 1 amide bonds. The van der Waals surface area contributed by atoms with E-state index in [-0.39, 0.29) is 17.7 Å². The Balaban J connectivity index is 1.71. The molecule has 0 radical (unpaired) electrons. The number of nitrogens with zero attached hydrogens (tertiary/aromatic N) is 2. The number of morpholine rings is 1. The fourth-order valence-electron chi connectivity index (χ4n) is 3.41. The molecule has 1 atom stereocenters. The third-order valence-corrected chi connectivity index (χ3v) is 4.71. The highest BCUT2D eigenvalue weighted by Crippen LogP contribution is 2.24. The van der Waals surface area contributed by atoms with Crippen LogP contribution >= 0.6 is 0 Å². The Morgan fingerprint density at radius 1 is 1.25 bits per heavy atom. The van der Waals surface area contributed by atoms with Crippen LogP contribution in [0.5, 0.6) is 0 Å². The predicted molar refractivity (Wildman–Crippen MR) is 85.5 cm³/mol. The average molecular weight is 336 g/mol. The van der Waals surface area contributed by atoms with Gasteiger partial charge in [0.15, 0.2) is 0 Å². The van der Waals surface area contributed by atoms with Crippen molar-refractivity contribution in [2.75, 3.05) is 40.0 Å². The van der Waals surface area contributed by atoms with Crippen molar-refractivity contribution in [2.45, 2.75) is 31.8 Å². The first kappa shape index (κ1) is 17.0. The van der Waals surface area contributed by atoms with Gasteiger partial charge in [-0.05, 0) is 25.5 Å². The molecule has 7 nitrogen and oxygen atoms in total. The topological polar surface area (TPSA) is 72.2 Å². The molecule has 0 aliphatic carbocycles. The standard InChI is InChI=1S/C17H24N2O5/c1-22-17(21)15-13(5-9-24-15)12-19-6-3-2-4-14(19)16(20)18-7-10-23-11-8-18/h5,9,14H,2-4,6-8,10-12H2,1H3/t14-/m0/s1. The third kappa shape index (κ3) is 3.62. The molecule has 0 saturated carbocycles. The Kier molecular flexibility index (Phi) is 5.52. The van der Waals surface area contributed by atoms with Gasteiger partial charge in [0.25, 0.3) is 0 Å². The first-order valence-corrected chi connectivity index (χ1v) is 8.46. The maximum atomic E-state index is 12.9. The van der Waals surface area contributed by atoms with Gasteiger partial charge in [-0.3, -0.25) is 9.69 Å². The number of carbonyl (C=O) groups excluding carboxylic acids is 2. The van der Waals surface area contributed by atoms with E-state index in [4.69, 9.17) is 13.9 Å². The Labute approximate surface area is 141 Å². The van der Waals surface area contributed by atoms with Gasteiger partial charge >= 0.3 is 5.97 Å². The van der Waals surface area contributed by atoms with Crippen molar-refractivity contribution in [1.82, 2.24) is 9.80 Å². The van der Waals surface area contributed by atoms with Gasteiger partial charge < -0.3 is 18.8 Å². The van der Waals surface area contributed by atoms with Crippen LogP contribution in [0.2, 0.25) is 0 Å². The molecule has 24 heavy (non-hydrogen) atoms. The van der Waals surface area contributed by atoms with Crippen LogP contribution in [0, 0.1) is 0 Å². The summed E-state index contributed by atoms with van der Waals surface area (Å²) < 4.78 is 15.3. The second-order valence-corrected chi connectivity index (χ2v) is 6.19. The van der Waals surface area contributed by atoms with Gasteiger partial charge in [-0.2, -0.15) is 0 Å². The molecule has 2 aliphatic rings. The Bertz CT molecular complexity index is 579. The number of ether oxygens (including phenoxy) is 2. The maximum Gasteiger partial charge on any atom is 0.374 e. The smallest absolute Gasteiger partial charge is 0.374 e. The fourth-order valence-corrected chi connectivity index (χ4v) is 3.41. The number of furan rings is 1. The molecule has 0 unspecified atom stereocenters. The molecule has 2 fully saturated rings. The quantitative estimate of drug-likeness (QED) is 0.771. The van der Waals surface area contributed by atoms with Gasteiger partial charge in [0.1, 0.15) is 0 Å². The van der Waals surface area contributed by atoms with E-state index in [9.17, 15) is 9.59 Å². The number of carbonyl (C=O) groups is 2. The van der Waals surface area contributed by atoms with E-state index >= 15 is 0 Å². The number of piperidine rings is 1. The summed E-state index contributed by atoms with van der Waals surface area (Å²) in [6.07, 6.45) is 4.44. The van der Waals surface area contributed by atoms with E-state index in [0.717, 1.165) is 31.4 Å². The SMILES string of the molecule is COC(=O)c1occc1CN1CCCC[C@H]1C(=O)N1CCOCC1. The monoisotopic (exact) mass is 336 g/mol. The van der Waals surface area contributed by atoms with Gasteiger partial charge in [-0.1, -0.05) is 6.42 Å². The highest BCUT2D eigenvalue weighted by atomic mass is 16.5. The summed E-state index contributed by atoms with van der Waals surface area (Å²) in [7, 11) is 1.33. The zero-order valence-electron chi connectivity index (χ0n) is 14.0. The minimum Gasteiger partial charge on any atom is -0.463 e. The fraction of sp³-hybridized carbons (Fsp3) is 0.647. The molecule has 3 heterocycles. The first-order valence-electron chi connectivity index (χ1n) is 8.46. The average Bonchev–Trinajstić information content (AvgIpc) is 3.10. The number of methoxy groups -OCH3 is 1. The minimum absolute atomic E-state index is 0.141. The van der Waals surface area contributed by atoms with Crippen LogP contribution in [0.15, 0.2) is 16.7 Å². The number of hydrogen-bond acceptors (Lipinski definition) is 6. The van der Waals surface area contributed by atoms with E-state index < -0.39 is 5.97 Å². The van der Waals surface area contributed by atoms with Crippen molar-refractivity contribution in [3.63, 3.8) is 0 Å². The Morgan fingerprint density at radius 2 is 2.04 bits per heavy atom. The molecule has 0 spiro atoms. The molecule has 3 rings (SSSR count). The molecule has 2 aliphatic heterocycles. The van der Waals surface area contributed by atoms with E-state index in [1.807, 2.05) is 4.90 Å². The van der Waals surface area contributed by atoms with Crippen LogP contribution in [0.4, 0.5) is 0 Å². The molecule has 2 saturated heterocycles. The van der Waals surface area contributed by atoms with Crippen LogP contribution in [0.3, 0.4) is 0 Å². The summed E-state index contributed by atoms with van der Waals surface area (Å²) in [5, 5.41) is 0. The van der Waals surface area contributed by atoms with Gasteiger partial charge in [-0.25, -0.2) is 4.79 Å². The third-order valence-electron chi connectivity index (χ3n) is 4.71. The zero-order valence-corrected chi connectivity index (χ0v) is 14.0. The zero-order chi connectivity index (χ0) is 16.9. The molecule has 7 heteroatoms. The van der Waals surface area contributed by atoms with Crippen molar-refractivity contribution in [3.05, 3.63) is 23.7 Å². The molecule has 1 aromatic heterocycles. The van der Waals surface area contributed by atoms with Crippen LogP contribution in [-0.4, -0.2) is 67.7 Å². The summed E-state index contributed by atoms with van der Waals surface area (Å²) in [5.74, 6) is -0.0928. The van der Waals surface area contributed by atoms with Gasteiger partial charge in [0, 0.05) is 25.2 Å². The van der Waals surface area contributed by atoms with Gasteiger partial charge in [-0.15, -0.1) is 0 Å². The Morgan fingerprint density at radius 3 is 2.79 bits per heavy atom. The maximum absolute atomic E-state index is 12.9. The lowest BCUT2D eigenvalue weighted by atomic mass is 9.99. The number of rotatable bonds is 4. The van der Waals surface area contributed by atoms with Crippen LogP contribution in [0.25, 0.3) is 0 Å². The van der Waals surface area contributed by atoms with Gasteiger partial charge in [0.2, 0.25) is 11.7 Å². The van der Waals surface area contributed by atoms with Crippen molar-refractivity contribution in [2.24, 2.45) is 0 Å². The van der Waals surface area contributed by atoms with E-state index in [1.165, 1.54) is 13.4 Å². The van der Waals surface area contributed by atoms with Crippen molar-refractivity contribution in [1.29, 1.82) is 0 Å². The molecule has 0 aromatic carbocycles. The second kappa shape index (κ2) is 7.81. The summed E-state index contributed by atoms with van der Waals surface area (Å²) in [6, 6.07) is 1.63. The highest BCUT2D eigenvalue weighted by molar-refractivity contribution is 5.88. The lowest BCUT2D eigenvalue weighted by Gasteiger charge is -2.38. The molecule has 1 aromatic rings. The number of amides is 1. The lowest BCUT2D eigenvalue weighted by molar-refractivity contribution is -0.142. The van der Waals surface area contributed by atoms with Crippen molar-refractivity contribution >= 4 is 11.9 Å². The van der Waals surface area contributed by atoms with Crippen molar-refractivity contribution < 1.29 is 23.5 Å². The van der Waals surface area contributed by atoms with E-state index in [2.05, 4.69) is 4.90 Å². The Hall–Kier alpha value is -1.86. The van der Waals surface area contributed by atoms with Crippen LogP contribution in [0.1, 0.15) is 35.4 Å². The van der Waals surface area contributed by atoms with Crippen LogP contribution in [-0.2, 0) is 20.8 Å². The normalized spacial score (nSPS) is 22.4. The second-order valence-electron chi connectivity index (χ2n) is 6.19. The number of hydrogen-bond donors (Lipinski definition) is 0. The predicted octanol–water partition coefficient (Wildman–Crippen LogP) is 1.28. The summed E-state index contributed by atoms with van der Waals surface area (Å²) >= 11 is 0. The van der Waals surface area contributed by atoms with Crippen molar-refractivity contribution in [3.8, 4) is 0 Å². The highest BCUT2D eigenvalue weighted by Gasteiger charge is 2.33. The molecular formula is C17H24N2O5. The number of likely N-dealkylation sites (tertiary alicyclic amines) is 1. The van der Waals surface area contributed by atoms with Gasteiger partial charge in [0.05, 0.1) is 32.6 Å². The number of esters is 1. The lowest BCUT2D eigenvalue weighted by Crippen LogP contribution is -2.53. The summed E-state index contributed by atoms with van der Waals surface area (Å²) in [4.78, 5) is 28.7.